The maximum absolute atomic E-state index is 14.8. The second-order valence-electron chi connectivity index (χ2n) is 8.18. The fourth-order valence-corrected chi connectivity index (χ4v) is 4.68. The molecule has 152 valence electrons. The summed E-state index contributed by atoms with van der Waals surface area (Å²) in [7, 11) is 0. The maximum Gasteiger partial charge on any atom is 0.150 e. The summed E-state index contributed by atoms with van der Waals surface area (Å²) in [6, 6.07) is 42.5. The zero-order chi connectivity index (χ0) is 21.5. The Balaban J connectivity index is 1.69. The van der Waals surface area contributed by atoms with Crippen molar-refractivity contribution < 1.29 is 0 Å². The van der Waals surface area contributed by atoms with E-state index in [9.17, 15) is 5.21 Å². The molecule has 6 rings (SSSR count). The van der Waals surface area contributed by atoms with Gasteiger partial charge in [0.05, 0.1) is 0 Å². The van der Waals surface area contributed by atoms with Gasteiger partial charge in [0.1, 0.15) is 11.4 Å². The van der Waals surface area contributed by atoms with Gasteiger partial charge < -0.3 is 5.21 Å². The topological polar surface area (TPSA) is 23.1 Å². The number of nitrogens with zero attached hydrogens (tertiary/aromatic N) is 1. The van der Waals surface area contributed by atoms with Crippen LogP contribution < -0.4 is 4.65 Å². The van der Waals surface area contributed by atoms with Crippen molar-refractivity contribution in [2.24, 2.45) is 0 Å². The lowest BCUT2D eigenvalue weighted by atomic mass is 9.98. The Morgan fingerprint density at radius 3 is 1.47 bits per heavy atom. The molecular weight excluding hydrogens is 390 g/mol. The zero-order valence-corrected chi connectivity index (χ0v) is 17.5. The molecule has 0 heterocycles. The second-order valence-corrected chi connectivity index (χ2v) is 8.18. The van der Waals surface area contributed by atoms with Crippen LogP contribution in [0.1, 0.15) is 0 Å². The number of benzene rings is 6. The summed E-state index contributed by atoms with van der Waals surface area (Å²) in [5, 5.41) is 21.6. The van der Waals surface area contributed by atoms with E-state index in [4.69, 9.17) is 0 Å². The summed E-state index contributed by atoms with van der Waals surface area (Å²) in [4.78, 5) is 0. The van der Waals surface area contributed by atoms with Gasteiger partial charge >= 0.3 is 0 Å². The third-order valence-corrected chi connectivity index (χ3v) is 6.26. The van der Waals surface area contributed by atoms with Gasteiger partial charge in [-0.2, -0.15) is 0 Å². The number of hydrogen-bond donors (Lipinski definition) is 0. The molecule has 0 aromatic heterocycles. The number of hydrogen-bond acceptors (Lipinski definition) is 1. The Hall–Kier alpha value is -3.98. The lowest BCUT2D eigenvalue weighted by molar-refractivity contribution is 0.698. The van der Waals surface area contributed by atoms with E-state index < -0.39 is 4.65 Å². The molecule has 0 fully saturated rings. The van der Waals surface area contributed by atoms with Gasteiger partial charge in [-0.25, -0.2) is 0 Å². The Morgan fingerprint density at radius 1 is 0.406 bits per heavy atom. The van der Waals surface area contributed by atoms with Gasteiger partial charge in [-0.05, 0) is 51.2 Å². The molecule has 0 spiro atoms. The van der Waals surface area contributed by atoms with Crippen LogP contribution in [0.3, 0.4) is 0 Å². The molecule has 2 nitrogen and oxygen atoms in total. The molecule has 6 aromatic rings. The maximum atomic E-state index is 14.8. The quantitative estimate of drug-likeness (QED) is 0.162. The van der Waals surface area contributed by atoms with E-state index in [1.165, 1.54) is 16.2 Å². The molecule has 0 unspecified atom stereocenters. The number of fused-ring (bicyclic) bond motifs is 3. The first-order valence-electron chi connectivity index (χ1n) is 10.8. The molecule has 0 saturated carbocycles. The lowest BCUT2D eigenvalue weighted by Crippen LogP contribution is -2.31. The van der Waals surface area contributed by atoms with Crippen molar-refractivity contribution in [2.75, 3.05) is 0 Å². The van der Waals surface area contributed by atoms with E-state index in [-0.39, 0.29) is 0 Å². The highest BCUT2D eigenvalue weighted by atomic mass is 16.5. The summed E-state index contributed by atoms with van der Waals surface area (Å²) in [6.45, 7) is 0. The number of para-hydroxylation sites is 2. The summed E-state index contributed by atoms with van der Waals surface area (Å²) >= 11 is 0. The van der Waals surface area contributed by atoms with Crippen LogP contribution in [-0.2, 0) is 0 Å². The molecule has 0 aliphatic carbocycles. The van der Waals surface area contributed by atoms with E-state index >= 15 is 0 Å². The van der Waals surface area contributed by atoms with Gasteiger partial charge in [-0.15, -0.1) is 0 Å². The third kappa shape index (κ3) is 2.89. The molecule has 2 heteroatoms. The summed E-state index contributed by atoms with van der Waals surface area (Å²) in [6.07, 6.45) is 0. The van der Waals surface area contributed by atoms with E-state index in [0.717, 1.165) is 21.8 Å². The van der Waals surface area contributed by atoms with E-state index in [0.29, 0.717) is 11.4 Å². The molecule has 0 aliphatic rings. The van der Waals surface area contributed by atoms with Crippen molar-refractivity contribution in [1.82, 2.24) is 4.65 Å². The summed E-state index contributed by atoms with van der Waals surface area (Å²) < 4.78 is -0.641. The molecule has 6 aromatic carbocycles. The second kappa shape index (κ2) is 7.31. The standard InChI is InChI=1S/C30H21NO/c32-31(27-13-3-1-4-14-27,28-15-5-2-6-16-28)30-17-9-12-24-20-25-18-22-10-7-8-11-23(22)19-26(25)21-29(24)30/h1-21H. The van der Waals surface area contributed by atoms with Crippen molar-refractivity contribution in [1.29, 1.82) is 0 Å². The monoisotopic (exact) mass is 411 g/mol. The normalized spacial score (nSPS) is 11.9. The van der Waals surface area contributed by atoms with Gasteiger partial charge in [0.2, 0.25) is 0 Å². The van der Waals surface area contributed by atoms with Crippen molar-refractivity contribution in [3.8, 4) is 0 Å². The molecule has 0 N–H and O–H groups in total. The van der Waals surface area contributed by atoms with Crippen molar-refractivity contribution in [3.63, 3.8) is 0 Å². The van der Waals surface area contributed by atoms with Gasteiger partial charge in [0.15, 0.2) is 5.69 Å². The zero-order valence-electron chi connectivity index (χ0n) is 17.5. The molecular formula is C30H21NO. The van der Waals surface area contributed by atoms with Gasteiger partial charge in [0, 0.05) is 35.7 Å². The third-order valence-electron chi connectivity index (χ3n) is 6.26. The van der Waals surface area contributed by atoms with Crippen LogP contribution in [0, 0.1) is 5.21 Å². The van der Waals surface area contributed by atoms with Crippen LogP contribution >= 0.6 is 0 Å². The Morgan fingerprint density at radius 2 is 0.875 bits per heavy atom. The fourth-order valence-electron chi connectivity index (χ4n) is 4.68. The number of rotatable bonds is 3. The largest absolute Gasteiger partial charge is 0.616 e. The predicted octanol–water partition coefficient (Wildman–Crippen LogP) is 8.61. The first-order valence-corrected chi connectivity index (χ1v) is 10.8. The molecule has 0 aliphatic heterocycles. The Bertz CT molecular complexity index is 1530. The van der Waals surface area contributed by atoms with Crippen LogP contribution in [-0.4, -0.2) is 0 Å². The highest BCUT2D eigenvalue weighted by Crippen LogP contribution is 2.46. The van der Waals surface area contributed by atoms with E-state index in [2.05, 4.69) is 54.6 Å². The molecule has 0 radical (unpaired) electrons. The summed E-state index contributed by atoms with van der Waals surface area (Å²) in [5.41, 5.74) is 2.09. The molecule has 0 saturated heterocycles. The molecule has 0 bridgehead atoms. The average Bonchev–Trinajstić information content (AvgIpc) is 2.86. The minimum atomic E-state index is -0.641. The SMILES string of the molecule is [O-][N+](c1ccccc1)(c1ccccc1)c1cccc2cc3cc4ccccc4cc3cc12. The van der Waals surface area contributed by atoms with Crippen LogP contribution in [0.5, 0.6) is 0 Å². The van der Waals surface area contributed by atoms with Crippen molar-refractivity contribution >= 4 is 49.4 Å². The van der Waals surface area contributed by atoms with Gasteiger partial charge in [0.25, 0.3) is 0 Å². The van der Waals surface area contributed by atoms with Crippen LogP contribution in [0.15, 0.2) is 127 Å². The van der Waals surface area contributed by atoms with Crippen LogP contribution in [0.25, 0.3) is 32.3 Å². The van der Waals surface area contributed by atoms with E-state index in [1.54, 1.807) is 0 Å². The Labute approximate surface area is 186 Å². The average molecular weight is 412 g/mol. The van der Waals surface area contributed by atoms with Crippen molar-refractivity contribution in [2.45, 2.75) is 0 Å². The minimum Gasteiger partial charge on any atom is -0.616 e. The van der Waals surface area contributed by atoms with Crippen LogP contribution in [0.4, 0.5) is 17.1 Å². The highest BCUT2D eigenvalue weighted by Gasteiger charge is 2.28. The Kier molecular flexibility index (Phi) is 4.29. The minimum absolute atomic E-state index is 0.641. The smallest absolute Gasteiger partial charge is 0.150 e. The van der Waals surface area contributed by atoms with Crippen LogP contribution in [0.2, 0.25) is 0 Å². The van der Waals surface area contributed by atoms with Crippen molar-refractivity contribution in [3.05, 3.63) is 133 Å². The molecule has 32 heavy (non-hydrogen) atoms. The molecule has 0 atom stereocenters. The molecule has 0 amide bonds. The van der Waals surface area contributed by atoms with Gasteiger partial charge in [-0.3, -0.25) is 4.65 Å². The fraction of sp³-hybridized carbons (Fsp3) is 0. The first kappa shape index (κ1) is 18.8. The van der Waals surface area contributed by atoms with E-state index in [1.807, 2.05) is 72.8 Å². The summed E-state index contributed by atoms with van der Waals surface area (Å²) in [5.74, 6) is 0. The lowest BCUT2D eigenvalue weighted by Gasteiger charge is -2.41. The first-order chi connectivity index (χ1) is 15.7. The van der Waals surface area contributed by atoms with Gasteiger partial charge in [-0.1, -0.05) is 72.8 Å². The number of quaternary nitrogens is 1. The predicted molar refractivity (Wildman–Crippen MR) is 136 cm³/mol. The highest BCUT2D eigenvalue weighted by molar-refractivity contribution is 6.08.